The number of methoxy groups -OCH3 is 1. The summed E-state index contributed by atoms with van der Waals surface area (Å²) in [6.07, 6.45) is 0.376. The van der Waals surface area contributed by atoms with Crippen LogP contribution in [-0.2, 0) is 14.4 Å². The lowest BCUT2D eigenvalue weighted by Crippen LogP contribution is -2.50. The molecular formula is C28H33ClN4O5. The van der Waals surface area contributed by atoms with E-state index in [-0.39, 0.29) is 18.7 Å². The van der Waals surface area contributed by atoms with Crippen molar-refractivity contribution in [3.05, 3.63) is 70.9 Å². The Labute approximate surface area is 227 Å². The van der Waals surface area contributed by atoms with Crippen molar-refractivity contribution in [3.8, 4) is 5.75 Å². The van der Waals surface area contributed by atoms with Gasteiger partial charge in [0.1, 0.15) is 17.6 Å². The molecule has 0 fully saturated rings. The molecule has 0 aliphatic rings. The Morgan fingerprint density at radius 3 is 2.37 bits per heavy atom. The Kier molecular flexibility index (Phi) is 9.52. The summed E-state index contributed by atoms with van der Waals surface area (Å²) in [5, 5.41) is 9.74. The van der Waals surface area contributed by atoms with E-state index in [9.17, 15) is 14.4 Å². The third kappa shape index (κ3) is 7.35. The van der Waals surface area contributed by atoms with Crippen LogP contribution in [0.1, 0.15) is 57.4 Å². The van der Waals surface area contributed by atoms with Crippen LogP contribution >= 0.6 is 11.6 Å². The van der Waals surface area contributed by atoms with E-state index in [1.807, 2.05) is 20.8 Å². The van der Waals surface area contributed by atoms with Gasteiger partial charge in [0.05, 0.1) is 7.11 Å². The maximum absolute atomic E-state index is 13.8. The summed E-state index contributed by atoms with van der Waals surface area (Å²) in [4.78, 5) is 41.5. The van der Waals surface area contributed by atoms with Crippen LogP contribution in [0.3, 0.4) is 0 Å². The monoisotopic (exact) mass is 540 g/mol. The van der Waals surface area contributed by atoms with Crippen molar-refractivity contribution in [2.45, 2.75) is 58.5 Å². The summed E-state index contributed by atoms with van der Waals surface area (Å²) in [6.45, 7) is 7.49. The van der Waals surface area contributed by atoms with E-state index in [4.69, 9.17) is 20.9 Å². The molecule has 9 nitrogen and oxygen atoms in total. The summed E-state index contributed by atoms with van der Waals surface area (Å²) in [7, 11) is 1.54. The van der Waals surface area contributed by atoms with E-state index in [0.29, 0.717) is 34.2 Å². The number of carbonyl (C=O) groups is 3. The van der Waals surface area contributed by atoms with Crippen molar-refractivity contribution in [2.24, 2.45) is 0 Å². The molecule has 38 heavy (non-hydrogen) atoms. The highest BCUT2D eigenvalue weighted by molar-refractivity contribution is 6.31. The molecule has 0 radical (unpaired) electrons. The van der Waals surface area contributed by atoms with Gasteiger partial charge in [0.15, 0.2) is 5.82 Å². The molecule has 3 rings (SSSR count). The molecule has 2 N–H and O–H groups in total. The molecule has 1 heterocycles. The molecule has 0 saturated carbocycles. The average molecular weight is 541 g/mol. The van der Waals surface area contributed by atoms with Crippen LogP contribution in [0.4, 0.5) is 11.5 Å². The van der Waals surface area contributed by atoms with Crippen LogP contribution in [0.15, 0.2) is 59.1 Å². The molecule has 3 aromatic rings. The van der Waals surface area contributed by atoms with E-state index in [2.05, 4.69) is 15.8 Å². The van der Waals surface area contributed by atoms with E-state index < -0.39 is 29.3 Å². The molecule has 1 atom stereocenters. The van der Waals surface area contributed by atoms with E-state index in [1.54, 1.807) is 68.6 Å². The van der Waals surface area contributed by atoms with Crippen molar-refractivity contribution >= 4 is 40.8 Å². The normalized spacial score (nSPS) is 11.9. The highest BCUT2D eigenvalue weighted by Crippen LogP contribution is 2.34. The van der Waals surface area contributed by atoms with Crippen molar-refractivity contribution in [3.63, 3.8) is 0 Å². The fourth-order valence-corrected chi connectivity index (χ4v) is 3.98. The number of aromatic nitrogens is 1. The maximum Gasteiger partial charge on any atom is 0.248 e. The van der Waals surface area contributed by atoms with Crippen LogP contribution < -0.4 is 20.3 Å². The van der Waals surface area contributed by atoms with Gasteiger partial charge in [0, 0.05) is 40.7 Å². The highest BCUT2D eigenvalue weighted by Gasteiger charge is 2.36. The molecule has 0 aliphatic carbocycles. The number of aryl methyl sites for hydroxylation is 1. The summed E-state index contributed by atoms with van der Waals surface area (Å²) in [5.74, 6) is 0.168. The number of hydrogen-bond donors (Lipinski definition) is 2. The Morgan fingerprint density at radius 1 is 1.11 bits per heavy atom. The van der Waals surface area contributed by atoms with Crippen LogP contribution in [0.2, 0.25) is 5.02 Å². The van der Waals surface area contributed by atoms with Crippen LogP contribution in [0.5, 0.6) is 5.75 Å². The Bertz CT molecular complexity index is 1270. The van der Waals surface area contributed by atoms with Gasteiger partial charge in [-0.2, -0.15) is 0 Å². The van der Waals surface area contributed by atoms with Crippen molar-refractivity contribution < 1.29 is 23.6 Å². The molecule has 0 spiro atoms. The first-order chi connectivity index (χ1) is 18.0. The van der Waals surface area contributed by atoms with Crippen LogP contribution in [-0.4, -0.2) is 35.5 Å². The predicted octanol–water partition coefficient (Wildman–Crippen LogP) is 5.44. The maximum atomic E-state index is 13.8. The number of amides is 3. The average Bonchev–Trinajstić information content (AvgIpc) is 3.30. The second-order valence-corrected chi connectivity index (χ2v) is 9.89. The topological polar surface area (TPSA) is 114 Å². The highest BCUT2D eigenvalue weighted by atomic mass is 35.5. The van der Waals surface area contributed by atoms with Crippen LogP contribution in [0, 0.1) is 6.92 Å². The predicted molar refractivity (Wildman–Crippen MR) is 146 cm³/mol. The smallest absolute Gasteiger partial charge is 0.248 e. The Balaban J connectivity index is 1.98. The van der Waals surface area contributed by atoms with Gasteiger partial charge in [-0.05, 0) is 57.5 Å². The minimum absolute atomic E-state index is 0.130. The number of rotatable bonds is 11. The number of nitrogens with one attached hydrogen (secondary N) is 2. The van der Waals surface area contributed by atoms with Crippen molar-refractivity contribution in [1.29, 1.82) is 0 Å². The standard InChI is InChI=1S/C28H33ClN4O5/c1-6-28(3,4)31-27(36)26(21-9-7-8-10-22(21)29)33(19-11-13-20(37-5)14-12-19)25(35)16-15-24(34)30-23-17-18(2)38-32-23/h7-14,17,26H,6,15-16H2,1-5H3,(H,31,36)(H,30,32,34)/t26-/m1/s1. The third-order valence-corrected chi connectivity index (χ3v) is 6.48. The zero-order valence-corrected chi connectivity index (χ0v) is 23.0. The summed E-state index contributed by atoms with van der Waals surface area (Å²) >= 11 is 6.55. The zero-order valence-electron chi connectivity index (χ0n) is 22.2. The van der Waals surface area contributed by atoms with Crippen molar-refractivity contribution in [1.82, 2.24) is 10.5 Å². The Hall–Kier alpha value is -3.85. The third-order valence-electron chi connectivity index (χ3n) is 6.13. The molecule has 202 valence electrons. The minimum atomic E-state index is -1.09. The molecule has 0 bridgehead atoms. The molecule has 2 aromatic carbocycles. The fraction of sp³-hybridized carbons (Fsp3) is 0.357. The minimum Gasteiger partial charge on any atom is -0.497 e. The summed E-state index contributed by atoms with van der Waals surface area (Å²) in [6, 6.07) is 14.2. The second-order valence-electron chi connectivity index (χ2n) is 9.48. The SMILES string of the molecule is CCC(C)(C)NC(=O)[C@@H](c1ccccc1Cl)N(C(=O)CCC(=O)Nc1cc(C)on1)c1ccc(OC)cc1. The lowest BCUT2D eigenvalue weighted by Gasteiger charge is -2.35. The summed E-state index contributed by atoms with van der Waals surface area (Å²) in [5.41, 5.74) is 0.392. The van der Waals surface area contributed by atoms with E-state index in [0.717, 1.165) is 0 Å². The van der Waals surface area contributed by atoms with Gasteiger partial charge in [-0.3, -0.25) is 19.3 Å². The van der Waals surface area contributed by atoms with Crippen molar-refractivity contribution in [2.75, 3.05) is 17.3 Å². The first kappa shape index (κ1) is 28.7. The zero-order chi connectivity index (χ0) is 27.9. The van der Waals surface area contributed by atoms with Gasteiger partial charge in [0.2, 0.25) is 17.7 Å². The number of benzene rings is 2. The number of halogens is 1. The number of anilines is 2. The van der Waals surface area contributed by atoms with E-state index >= 15 is 0 Å². The number of nitrogens with zero attached hydrogens (tertiary/aromatic N) is 2. The lowest BCUT2D eigenvalue weighted by atomic mass is 9.98. The van der Waals surface area contributed by atoms with Gasteiger partial charge in [0.25, 0.3) is 0 Å². The van der Waals surface area contributed by atoms with Gasteiger partial charge in [-0.15, -0.1) is 0 Å². The van der Waals surface area contributed by atoms with Crippen LogP contribution in [0.25, 0.3) is 0 Å². The number of ether oxygens (including phenoxy) is 1. The molecule has 0 unspecified atom stereocenters. The molecule has 10 heteroatoms. The van der Waals surface area contributed by atoms with Gasteiger partial charge in [-0.25, -0.2) is 0 Å². The molecule has 1 aromatic heterocycles. The molecular weight excluding hydrogens is 508 g/mol. The quantitative estimate of drug-likeness (QED) is 0.334. The largest absolute Gasteiger partial charge is 0.497 e. The molecule has 3 amide bonds. The first-order valence-corrected chi connectivity index (χ1v) is 12.7. The number of hydrogen-bond acceptors (Lipinski definition) is 6. The summed E-state index contributed by atoms with van der Waals surface area (Å²) < 4.78 is 10.2. The number of carbonyl (C=O) groups excluding carboxylic acids is 3. The van der Waals surface area contributed by atoms with E-state index in [1.165, 1.54) is 4.90 Å². The van der Waals surface area contributed by atoms with Gasteiger partial charge in [-0.1, -0.05) is 41.9 Å². The first-order valence-electron chi connectivity index (χ1n) is 12.3. The lowest BCUT2D eigenvalue weighted by molar-refractivity contribution is -0.128. The molecule has 0 saturated heterocycles. The van der Waals surface area contributed by atoms with Gasteiger partial charge >= 0.3 is 0 Å². The van der Waals surface area contributed by atoms with Gasteiger partial charge < -0.3 is 19.9 Å². The second kappa shape index (κ2) is 12.6. The Morgan fingerprint density at radius 2 is 1.79 bits per heavy atom. The molecule has 0 aliphatic heterocycles. The fourth-order valence-electron chi connectivity index (χ4n) is 3.74.